The molecule has 4 nitrogen and oxygen atoms in total. The quantitative estimate of drug-likeness (QED) is 0.578. The molecule has 2 heterocycles. The van der Waals surface area contributed by atoms with Gasteiger partial charge in [0, 0.05) is 5.56 Å². The zero-order chi connectivity index (χ0) is 21.5. The Morgan fingerprint density at radius 3 is 2.60 bits per heavy atom. The summed E-state index contributed by atoms with van der Waals surface area (Å²) in [6.45, 7) is 8.15. The van der Waals surface area contributed by atoms with Crippen LogP contribution in [0.5, 0.6) is 17.2 Å². The number of ether oxygens (including phenoxy) is 3. The molecule has 2 aromatic rings. The van der Waals surface area contributed by atoms with Crippen LogP contribution >= 0.6 is 0 Å². The molecule has 0 fully saturated rings. The second-order valence-corrected chi connectivity index (χ2v) is 8.63. The van der Waals surface area contributed by atoms with Gasteiger partial charge in [-0.1, -0.05) is 42.0 Å². The Morgan fingerprint density at radius 2 is 1.93 bits per heavy atom. The molecule has 0 N–H and O–H groups in total. The van der Waals surface area contributed by atoms with E-state index in [1.54, 1.807) is 7.11 Å². The first-order valence-electron chi connectivity index (χ1n) is 10.3. The van der Waals surface area contributed by atoms with Crippen molar-refractivity contribution in [3.05, 3.63) is 70.3 Å². The molecule has 4 heteroatoms. The van der Waals surface area contributed by atoms with Crippen molar-refractivity contribution < 1.29 is 19.0 Å². The van der Waals surface area contributed by atoms with E-state index in [4.69, 9.17) is 14.2 Å². The van der Waals surface area contributed by atoms with Crippen molar-refractivity contribution in [1.29, 1.82) is 0 Å². The molecule has 0 saturated carbocycles. The molecule has 30 heavy (non-hydrogen) atoms. The minimum absolute atomic E-state index is 0.0291. The largest absolute Gasteiger partial charge is 0.495 e. The molecule has 2 aliphatic heterocycles. The number of rotatable bonds is 4. The van der Waals surface area contributed by atoms with Crippen molar-refractivity contribution in [2.24, 2.45) is 0 Å². The van der Waals surface area contributed by atoms with Gasteiger partial charge in [0.25, 0.3) is 0 Å². The van der Waals surface area contributed by atoms with Crippen molar-refractivity contribution in [3.63, 3.8) is 0 Å². The smallest absolute Gasteiger partial charge is 0.174 e. The number of hydrogen-bond donors (Lipinski definition) is 0. The molecular weight excluding hydrogens is 376 g/mol. The first-order valence-corrected chi connectivity index (χ1v) is 10.3. The van der Waals surface area contributed by atoms with E-state index in [1.165, 1.54) is 5.57 Å². The fraction of sp³-hybridized carbons (Fsp3) is 0.346. The predicted molar refractivity (Wildman–Crippen MR) is 119 cm³/mol. The van der Waals surface area contributed by atoms with Gasteiger partial charge in [-0.2, -0.15) is 0 Å². The number of ketones is 1. The first-order chi connectivity index (χ1) is 14.3. The van der Waals surface area contributed by atoms with E-state index in [2.05, 4.69) is 19.9 Å². The Morgan fingerprint density at radius 1 is 1.20 bits per heavy atom. The van der Waals surface area contributed by atoms with Gasteiger partial charge in [-0.3, -0.25) is 4.79 Å². The first kappa shape index (κ1) is 20.3. The van der Waals surface area contributed by atoms with Crippen molar-refractivity contribution in [1.82, 2.24) is 0 Å². The van der Waals surface area contributed by atoms with Gasteiger partial charge in [-0.15, -0.1) is 0 Å². The van der Waals surface area contributed by atoms with Crippen LogP contribution in [0.1, 0.15) is 67.3 Å². The van der Waals surface area contributed by atoms with Crippen LogP contribution in [-0.2, 0) is 6.42 Å². The molecular formula is C26H28O4. The Labute approximate surface area is 178 Å². The number of benzene rings is 2. The van der Waals surface area contributed by atoms with E-state index in [9.17, 15) is 4.79 Å². The average molecular weight is 405 g/mol. The van der Waals surface area contributed by atoms with Gasteiger partial charge >= 0.3 is 0 Å². The number of carbonyl (C=O) groups excluding carboxylic acids is 1. The number of fused-ring (bicyclic) bond motifs is 2. The third kappa shape index (κ3) is 3.62. The van der Waals surface area contributed by atoms with Crippen molar-refractivity contribution in [2.75, 3.05) is 7.11 Å². The zero-order valence-electron chi connectivity index (χ0n) is 18.2. The van der Waals surface area contributed by atoms with Crippen LogP contribution < -0.4 is 14.2 Å². The standard InChI is InChI=1S/C26H28O4/c1-16(2)11-12-18-23-19(13-14-26(3,4)30-23)24(28-5)22-20(27)15-21(29-25(18)22)17-9-7-6-8-10-17/h6-11,13-14,21H,12,15H2,1-5H3. The predicted octanol–water partition coefficient (Wildman–Crippen LogP) is 6.09. The highest BCUT2D eigenvalue weighted by molar-refractivity contribution is 6.05. The summed E-state index contributed by atoms with van der Waals surface area (Å²) in [5.41, 5.74) is 3.96. The maximum absolute atomic E-state index is 13.3. The lowest BCUT2D eigenvalue weighted by Crippen LogP contribution is -2.30. The van der Waals surface area contributed by atoms with Crippen molar-refractivity contribution in [2.45, 2.75) is 52.2 Å². The number of allylic oxidation sites excluding steroid dienone is 2. The van der Waals surface area contributed by atoms with Gasteiger partial charge in [0.05, 0.1) is 19.1 Å². The second-order valence-electron chi connectivity index (χ2n) is 8.63. The maximum Gasteiger partial charge on any atom is 0.174 e. The third-order valence-corrected chi connectivity index (χ3v) is 5.51. The number of carbonyl (C=O) groups is 1. The molecule has 0 amide bonds. The van der Waals surface area contributed by atoms with Crippen LogP contribution in [0, 0.1) is 0 Å². The zero-order valence-corrected chi connectivity index (χ0v) is 18.2. The van der Waals surface area contributed by atoms with Crippen molar-refractivity contribution >= 4 is 11.9 Å². The van der Waals surface area contributed by atoms with Crippen LogP contribution in [0.3, 0.4) is 0 Å². The average Bonchev–Trinajstić information content (AvgIpc) is 2.71. The Kier molecular flexibility index (Phi) is 5.19. The van der Waals surface area contributed by atoms with Gasteiger partial charge in [-0.25, -0.2) is 0 Å². The van der Waals surface area contributed by atoms with E-state index < -0.39 is 5.60 Å². The van der Waals surface area contributed by atoms with Crippen LogP contribution in [0.2, 0.25) is 0 Å². The minimum Gasteiger partial charge on any atom is -0.495 e. The van der Waals surface area contributed by atoms with Gasteiger partial charge in [-0.05, 0) is 51.8 Å². The molecule has 4 rings (SSSR count). The van der Waals surface area contributed by atoms with Crippen LogP contribution in [0.15, 0.2) is 48.1 Å². The topological polar surface area (TPSA) is 44.8 Å². The SMILES string of the molecule is COc1c2c(c(CC=C(C)C)c3c1C(=O)CC(c1ccccc1)O3)OC(C)(C)C=C2. The summed E-state index contributed by atoms with van der Waals surface area (Å²) in [6.07, 6.45) is 6.71. The summed E-state index contributed by atoms with van der Waals surface area (Å²) >= 11 is 0. The highest BCUT2D eigenvalue weighted by atomic mass is 16.5. The molecule has 2 aromatic carbocycles. The number of methoxy groups -OCH3 is 1. The molecule has 0 aromatic heterocycles. The molecule has 0 aliphatic carbocycles. The number of hydrogen-bond acceptors (Lipinski definition) is 4. The summed E-state index contributed by atoms with van der Waals surface area (Å²) in [5, 5.41) is 0. The lowest BCUT2D eigenvalue weighted by Gasteiger charge is -2.35. The lowest BCUT2D eigenvalue weighted by atomic mass is 9.88. The summed E-state index contributed by atoms with van der Waals surface area (Å²) in [7, 11) is 1.59. The molecule has 0 radical (unpaired) electrons. The van der Waals surface area contributed by atoms with E-state index in [-0.39, 0.29) is 18.3 Å². The fourth-order valence-electron chi connectivity index (χ4n) is 4.00. The summed E-state index contributed by atoms with van der Waals surface area (Å²) in [4.78, 5) is 13.3. The molecule has 1 unspecified atom stereocenters. The lowest BCUT2D eigenvalue weighted by molar-refractivity contribution is 0.0839. The monoisotopic (exact) mass is 404 g/mol. The van der Waals surface area contributed by atoms with Gasteiger partial charge < -0.3 is 14.2 Å². The third-order valence-electron chi connectivity index (χ3n) is 5.51. The fourth-order valence-corrected chi connectivity index (χ4v) is 4.00. The maximum atomic E-state index is 13.3. The highest BCUT2D eigenvalue weighted by Crippen LogP contribution is 2.51. The van der Waals surface area contributed by atoms with Crippen LogP contribution in [0.25, 0.3) is 6.08 Å². The van der Waals surface area contributed by atoms with E-state index in [0.29, 0.717) is 23.5 Å². The van der Waals surface area contributed by atoms with E-state index in [0.717, 1.165) is 22.4 Å². The summed E-state index contributed by atoms with van der Waals surface area (Å²) in [6, 6.07) is 9.89. The van der Waals surface area contributed by atoms with Gasteiger partial charge in [0.2, 0.25) is 0 Å². The second kappa shape index (κ2) is 7.67. The molecule has 156 valence electrons. The van der Waals surface area contributed by atoms with E-state index >= 15 is 0 Å². The van der Waals surface area contributed by atoms with Crippen molar-refractivity contribution in [3.8, 4) is 17.2 Å². The summed E-state index contributed by atoms with van der Waals surface area (Å²) < 4.78 is 18.6. The molecule has 0 spiro atoms. The van der Waals surface area contributed by atoms with E-state index in [1.807, 2.05) is 56.3 Å². The number of Topliss-reactive ketones (excluding diaryl/α,β-unsaturated/α-hetero) is 1. The molecule has 0 bridgehead atoms. The van der Waals surface area contributed by atoms with Gasteiger partial charge in [0.15, 0.2) is 5.78 Å². The Hall–Kier alpha value is -3.01. The molecule has 0 saturated heterocycles. The Balaban J connectivity index is 1.94. The summed E-state index contributed by atoms with van der Waals surface area (Å²) in [5.74, 6) is 1.88. The van der Waals surface area contributed by atoms with Crippen LogP contribution in [-0.4, -0.2) is 18.5 Å². The normalized spacial score (nSPS) is 18.6. The van der Waals surface area contributed by atoms with Gasteiger partial charge in [0.1, 0.15) is 34.5 Å². The molecule has 2 aliphatic rings. The van der Waals surface area contributed by atoms with Crippen LogP contribution in [0.4, 0.5) is 0 Å². The molecule has 1 atom stereocenters. The minimum atomic E-state index is -0.455. The Bertz CT molecular complexity index is 1040. The highest BCUT2D eigenvalue weighted by Gasteiger charge is 2.38.